The summed E-state index contributed by atoms with van der Waals surface area (Å²) in [5.74, 6) is -0.276. The van der Waals surface area contributed by atoms with E-state index in [-0.39, 0.29) is 41.7 Å². The Bertz CT molecular complexity index is 927. The highest BCUT2D eigenvalue weighted by atomic mass is 16.7. The lowest BCUT2D eigenvalue weighted by Gasteiger charge is -2.03. The number of aryl methyl sites for hydroxylation is 1. The van der Waals surface area contributed by atoms with Crippen molar-refractivity contribution in [3.8, 4) is 23.0 Å². The predicted octanol–water partition coefficient (Wildman–Crippen LogP) is 1.82. The minimum atomic E-state index is -0.581. The van der Waals surface area contributed by atoms with E-state index in [0.29, 0.717) is 17.7 Å². The molecule has 0 bridgehead atoms. The van der Waals surface area contributed by atoms with Gasteiger partial charge < -0.3 is 19.7 Å². The number of ether oxygens (including phenoxy) is 2. The fourth-order valence-electron chi connectivity index (χ4n) is 2.42. The standard InChI is InChI=1S/C17H15N3O7/c21-13-3-1-10(5-14(13)22)2-4-17(23)19-18-8-11-6-15-16(27-9-26-15)7-12(11)20(24)25/h1,3,5-8,21-22H,2,4,9H2,(H,19,23)/b18-8+. The summed E-state index contributed by atoms with van der Waals surface area (Å²) in [5, 5.41) is 33.6. The van der Waals surface area contributed by atoms with Crippen molar-refractivity contribution in [1.82, 2.24) is 5.43 Å². The third-order valence-electron chi connectivity index (χ3n) is 3.79. The Hall–Kier alpha value is -3.82. The number of phenolic OH excluding ortho intramolecular Hbond substituents is 2. The molecule has 140 valence electrons. The number of benzene rings is 2. The van der Waals surface area contributed by atoms with Crippen LogP contribution in [0.2, 0.25) is 0 Å². The molecule has 10 heteroatoms. The molecular weight excluding hydrogens is 358 g/mol. The van der Waals surface area contributed by atoms with Gasteiger partial charge in [-0.1, -0.05) is 6.07 Å². The van der Waals surface area contributed by atoms with E-state index in [4.69, 9.17) is 9.47 Å². The second-order valence-electron chi connectivity index (χ2n) is 5.64. The Labute approximate surface area is 152 Å². The van der Waals surface area contributed by atoms with Gasteiger partial charge in [0.2, 0.25) is 12.7 Å². The van der Waals surface area contributed by atoms with Crippen LogP contribution in [0.4, 0.5) is 5.69 Å². The molecule has 27 heavy (non-hydrogen) atoms. The number of phenols is 2. The smallest absolute Gasteiger partial charge is 0.282 e. The Morgan fingerprint density at radius 2 is 1.96 bits per heavy atom. The molecule has 10 nitrogen and oxygen atoms in total. The summed E-state index contributed by atoms with van der Waals surface area (Å²) in [4.78, 5) is 22.4. The van der Waals surface area contributed by atoms with Crippen molar-refractivity contribution in [1.29, 1.82) is 0 Å². The first-order valence-corrected chi connectivity index (χ1v) is 7.85. The summed E-state index contributed by atoms with van der Waals surface area (Å²) in [6.45, 7) is -0.0172. The lowest BCUT2D eigenvalue weighted by molar-refractivity contribution is -0.385. The average molecular weight is 373 g/mol. The van der Waals surface area contributed by atoms with E-state index in [1.165, 1.54) is 24.3 Å². The van der Waals surface area contributed by atoms with Crippen LogP contribution >= 0.6 is 0 Å². The topological polar surface area (TPSA) is 144 Å². The van der Waals surface area contributed by atoms with Crippen molar-refractivity contribution < 1.29 is 29.4 Å². The van der Waals surface area contributed by atoms with Gasteiger partial charge in [-0.15, -0.1) is 0 Å². The van der Waals surface area contributed by atoms with Gasteiger partial charge in [-0.05, 0) is 30.2 Å². The van der Waals surface area contributed by atoms with Crippen molar-refractivity contribution >= 4 is 17.8 Å². The zero-order valence-electron chi connectivity index (χ0n) is 13.9. The highest BCUT2D eigenvalue weighted by Gasteiger charge is 2.22. The van der Waals surface area contributed by atoms with Crippen LogP contribution in [0.25, 0.3) is 0 Å². The molecule has 3 N–H and O–H groups in total. The number of amides is 1. The molecule has 1 amide bonds. The maximum atomic E-state index is 11.8. The fourth-order valence-corrected chi connectivity index (χ4v) is 2.42. The first kappa shape index (κ1) is 18.0. The van der Waals surface area contributed by atoms with Crippen LogP contribution in [0, 0.1) is 10.1 Å². The number of hydrogen-bond donors (Lipinski definition) is 3. The van der Waals surface area contributed by atoms with Gasteiger partial charge in [0.15, 0.2) is 23.0 Å². The lowest BCUT2D eigenvalue weighted by atomic mass is 10.1. The molecule has 0 spiro atoms. The van der Waals surface area contributed by atoms with Crippen molar-refractivity contribution in [2.45, 2.75) is 12.8 Å². The van der Waals surface area contributed by atoms with Crippen LogP contribution in [-0.2, 0) is 11.2 Å². The van der Waals surface area contributed by atoms with Crippen LogP contribution in [0.5, 0.6) is 23.0 Å². The molecule has 0 saturated carbocycles. The number of hydrazone groups is 1. The summed E-state index contributed by atoms with van der Waals surface area (Å²) < 4.78 is 10.3. The van der Waals surface area contributed by atoms with Crippen LogP contribution in [0.15, 0.2) is 35.4 Å². The third-order valence-corrected chi connectivity index (χ3v) is 3.79. The number of carbonyl (C=O) groups is 1. The molecule has 0 aromatic heterocycles. The van der Waals surface area contributed by atoms with Crippen LogP contribution in [0.3, 0.4) is 0 Å². The molecule has 0 unspecified atom stereocenters. The van der Waals surface area contributed by atoms with E-state index >= 15 is 0 Å². The zero-order chi connectivity index (χ0) is 19.4. The van der Waals surface area contributed by atoms with Crippen LogP contribution < -0.4 is 14.9 Å². The number of nitrogens with one attached hydrogen (secondary N) is 1. The number of hydrogen-bond acceptors (Lipinski definition) is 8. The normalized spacial score (nSPS) is 12.3. The molecule has 2 aromatic carbocycles. The second-order valence-corrected chi connectivity index (χ2v) is 5.64. The average Bonchev–Trinajstić information content (AvgIpc) is 3.09. The van der Waals surface area contributed by atoms with Crippen molar-refractivity contribution in [3.05, 3.63) is 51.6 Å². The number of rotatable bonds is 6. The SMILES string of the molecule is O=C(CCc1ccc(O)c(O)c1)N/N=C/c1cc2c(cc1[N+](=O)[O-])OCO2. The fraction of sp³-hybridized carbons (Fsp3) is 0.176. The summed E-state index contributed by atoms with van der Waals surface area (Å²) in [6.07, 6.45) is 1.55. The number of nitro groups is 1. The molecule has 1 heterocycles. The molecule has 2 aromatic rings. The van der Waals surface area contributed by atoms with E-state index in [1.54, 1.807) is 6.07 Å². The van der Waals surface area contributed by atoms with Gasteiger partial charge in [0, 0.05) is 6.42 Å². The van der Waals surface area contributed by atoms with E-state index in [1.807, 2.05) is 0 Å². The maximum Gasteiger partial charge on any atom is 0.282 e. The molecule has 0 aliphatic carbocycles. The Morgan fingerprint density at radius 1 is 1.22 bits per heavy atom. The van der Waals surface area contributed by atoms with Gasteiger partial charge in [0.05, 0.1) is 22.8 Å². The molecule has 0 radical (unpaired) electrons. The molecule has 0 saturated heterocycles. The van der Waals surface area contributed by atoms with E-state index in [9.17, 15) is 25.1 Å². The van der Waals surface area contributed by atoms with Gasteiger partial charge in [-0.3, -0.25) is 14.9 Å². The number of fused-ring (bicyclic) bond motifs is 1. The summed E-state index contributed by atoms with van der Waals surface area (Å²) in [7, 11) is 0. The van der Waals surface area contributed by atoms with Gasteiger partial charge in [0.25, 0.3) is 5.69 Å². The molecule has 3 rings (SSSR count). The summed E-state index contributed by atoms with van der Waals surface area (Å²) >= 11 is 0. The lowest BCUT2D eigenvalue weighted by Crippen LogP contribution is -2.18. The van der Waals surface area contributed by atoms with E-state index in [0.717, 1.165) is 6.21 Å². The number of carbonyl (C=O) groups excluding carboxylic acids is 1. The largest absolute Gasteiger partial charge is 0.504 e. The van der Waals surface area contributed by atoms with Crippen molar-refractivity contribution in [2.24, 2.45) is 5.10 Å². The van der Waals surface area contributed by atoms with Gasteiger partial charge in [-0.2, -0.15) is 5.10 Å². The van der Waals surface area contributed by atoms with Crippen molar-refractivity contribution in [2.75, 3.05) is 6.79 Å². The third kappa shape index (κ3) is 4.24. The monoisotopic (exact) mass is 373 g/mol. The predicted molar refractivity (Wildman–Crippen MR) is 93.0 cm³/mol. The minimum absolute atomic E-state index is 0.0172. The summed E-state index contributed by atoms with van der Waals surface area (Å²) in [6, 6.07) is 6.93. The van der Waals surface area contributed by atoms with Gasteiger partial charge in [0.1, 0.15) is 0 Å². The first-order chi connectivity index (χ1) is 12.9. The number of aromatic hydroxyl groups is 2. The first-order valence-electron chi connectivity index (χ1n) is 7.85. The maximum absolute atomic E-state index is 11.8. The van der Waals surface area contributed by atoms with Crippen molar-refractivity contribution in [3.63, 3.8) is 0 Å². The zero-order valence-corrected chi connectivity index (χ0v) is 13.9. The van der Waals surface area contributed by atoms with Crippen LogP contribution in [0.1, 0.15) is 17.5 Å². The number of nitro benzene ring substituents is 1. The molecule has 1 aliphatic heterocycles. The Morgan fingerprint density at radius 3 is 2.67 bits per heavy atom. The van der Waals surface area contributed by atoms with Crippen LogP contribution in [-0.4, -0.2) is 34.1 Å². The minimum Gasteiger partial charge on any atom is -0.504 e. The second kappa shape index (κ2) is 7.60. The highest BCUT2D eigenvalue weighted by molar-refractivity contribution is 5.88. The summed E-state index contributed by atoms with van der Waals surface area (Å²) in [5.41, 5.74) is 2.88. The highest BCUT2D eigenvalue weighted by Crippen LogP contribution is 2.37. The molecule has 0 atom stereocenters. The molecule has 0 fully saturated rings. The van der Waals surface area contributed by atoms with E-state index in [2.05, 4.69) is 10.5 Å². The number of nitrogens with zero attached hydrogens (tertiary/aromatic N) is 2. The molecular formula is C17H15N3O7. The van der Waals surface area contributed by atoms with Gasteiger partial charge >= 0.3 is 0 Å². The molecule has 1 aliphatic rings. The Kier molecular flexibility index (Phi) is 5.06. The Balaban J connectivity index is 1.60. The van der Waals surface area contributed by atoms with E-state index < -0.39 is 10.8 Å². The van der Waals surface area contributed by atoms with Gasteiger partial charge in [-0.25, -0.2) is 5.43 Å². The quantitative estimate of drug-likeness (QED) is 0.303.